The van der Waals surface area contributed by atoms with E-state index in [9.17, 15) is 14.9 Å². The SMILES string of the molecule is Cc1c(Cl)ccc2sc(NC(=O)/C=C/c3ccc([N+](=O)[O-])s3)nc12. The number of rotatable bonds is 4. The van der Waals surface area contributed by atoms with Crippen LogP contribution in [0.3, 0.4) is 0 Å². The number of fused-ring (bicyclic) bond motifs is 1. The molecule has 2 heterocycles. The van der Waals surface area contributed by atoms with Gasteiger partial charge in [-0.1, -0.05) is 34.3 Å². The number of benzene rings is 1. The number of thiophene rings is 1. The van der Waals surface area contributed by atoms with Crippen LogP contribution in [0.2, 0.25) is 5.02 Å². The summed E-state index contributed by atoms with van der Waals surface area (Å²) in [4.78, 5) is 27.1. The van der Waals surface area contributed by atoms with Crippen molar-refractivity contribution in [3.05, 3.63) is 55.9 Å². The number of carbonyl (C=O) groups excluding carboxylic acids is 1. The third-order valence-corrected chi connectivity index (χ3v) is 5.52. The zero-order chi connectivity index (χ0) is 17.3. The zero-order valence-corrected chi connectivity index (χ0v) is 14.7. The van der Waals surface area contributed by atoms with Gasteiger partial charge in [-0.2, -0.15) is 0 Å². The molecular formula is C15H10ClN3O3S2. The second kappa shape index (κ2) is 6.68. The molecule has 0 aliphatic heterocycles. The van der Waals surface area contributed by atoms with Gasteiger partial charge in [-0.25, -0.2) is 4.98 Å². The lowest BCUT2D eigenvalue weighted by atomic mass is 10.2. The molecule has 3 aromatic rings. The Kier molecular flexibility index (Phi) is 4.61. The van der Waals surface area contributed by atoms with Gasteiger partial charge in [-0.3, -0.25) is 20.2 Å². The van der Waals surface area contributed by atoms with E-state index < -0.39 is 4.92 Å². The first kappa shape index (κ1) is 16.6. The summed E-state index contributed by atoms with van der Waals surface area (Å²) in [6, 6.07) is 6.66. The van der Waals surface area contributed by atoms with Crippen molar-refractivity contribution < 1.29 is 9.72 Å². The van der Waals surface area contributed by atoms with Crippen molar-refractivity contribution in [2.45, 2.75) is 6.92 Å². The van der Waals surface area contributed by atoms with Gasteiger partial charge in [0.1, 0.15) is 0 Å². The number of hydrogen-bond acceptors (Lipinski definition) is 6. The molecule has 0 spiro atoms. The average Bonchev–Trinajstić information content (AvgIpc) is 3.16. The van der Waals surface area contributed by atoms with E-state index in [1.165, 1.54) is 29.6 Å². The minimum Gasteiger partial charge on any atom is -0.298 e. The normalized spacial score (nSPS) is 11.2. The maximum atomic E-state index is 12.0. The van der Waals surface area contributed by atoms with Gasteiger partial charge in [0.25, 0.3) is 0 Å². The van der Waals surface area contributed by atoms with Crippen LogP contribution in [0.25, 0.3) is 16.3 Å². The summed E-state index contributed by atoms with van der Waals surface area (Å²) in [6.07, 6.45) is 2.85. The van der Waals surface area contributed by atoms with Gasteiger partial charge in [0, 0.05) is 22.0 Å². The lowest BCUT2D eigenvalue weighted by Crippen LogP contribution is -2.07. The maximum absolute atomic E-state index is 12.0. The van der Waals surface area contributed by atoms with Crippen molar-refractivity contribution in [3.63, 3.8) is 0 Å². The molecule has 6 nitrogen and oxygen atoms in total. The van der Waals surface area contributed by atoms with E-state index in [1.54, 1.807) is 12.1 Å². The Bertz CT molecular complexity index is 978. The molecular weight excluding hydrogens is 370 g/mol. The number of aromatic nitrogens is 1. The van der Waals surface area contributed by atoms with Crippen LogP contribution in [0.1, 0.15) is 10.4 Å². The number of nitrogens with zero attached hydrogens (tertiary/aromatic N) is 2. The summed E-state index contributed by atoms with van der Waals surface area (Å²) < 4.78 is 0.935. The third-order valence-electron chi connectivity index (χ3n) is 3.17. The molecule has 0 unspecified atom stereocenters. The van der Waals surface area contributed by atoms with Crippen molar-refractivity contribution in [1.82, 2.24) is 4.98 Å². The highest BCUT2D eigenvalue weighted by Gasteiger charge is 2.11. The van der Waals surface area contributed by atoms with Crippen molar-refractivity contribution in [1.29, 1.82) is 0 Å². The van der Waals surface area contributed by atoms with Gasteiger partial charge in [0.15, 0.2) is 5.13 Å². The van der Waals surface area contributed by atoms with E-state index >= 15 is 0 Å². The molecule has 122 valence electrons. The van der Waals surface area contributed by atoms with Crippen LogP contribution in [0.4, 0.5) is 10.1 Å². The number of nitrogens with one attached hydrogen (secondary N) is 1. The van der Waals surface area contributed by atoms with Gasteiger partial charge in [0.2, 0.25) is 5.91 Å². The number of carbonyl (C=O) groups is 1. The Morgan fingerprint density at radius 2 is 2.12 bits per heavy atom. The first-order valence-electron chi connectivity index (χ1n) is 6.73. The third kappa shape index (κ3) is 3.45. The van der Waals surface area contributed by atoms with E-state index in [1.807, 2.05) is 13.0 Å². The quantitative estimate of drug-likeness (QED) is 0.397. The second-order valence-electron chi connectivity index (χ2n) is 4.79. The molecule has 0 fully saturated rings. The summed E-state index contributed by atoms with van der Waals surface area (Å²) in [7, 11) is 0. The van der Waals surface area contributed by atoms with Crippen molar-refractivity contribution in [2.75, 3.05) is 5.32 Å². The molecule has 1 N–H and O–H groups in total. The van der Waals surface area contributed by atoms with Crippen LogP contribution in [0.15, 0.2) is 30.3 Å². The molecule has 0 saturated carbocycles. The van der Waals surface area contributed by atoms with Crippen LogP contribution < -0.4 is 5.32 Å². The fourth-order valence-corrected chi connectivity index (χ4v) is 3.79. The molecule has 24 heavy (non-hydrogen) atoms. The maximum Gasteiger partial charge on any atom is 0.324 e. The Labute approximate surface area is 149 Å². The van der Waals surface area contributed by atoms with Crippen molar-refractivity contribution in [3.8, 4) is 0 Å². The Morgan fingerprint density at radius 3 is 2.83 bits per heavy atom. The predicted molar refractivity (Wildman–Crippen MR) is 98.0 cm³/mol. The monoisotopic (exact) mass is 379 g/mol. The van der Waals surface area contributed by atoms with Crippen molar-refractivity contribution >= 4 is 66.6 Å². The molecule has 0 saturated heterocycles. The topological polar surface area (TPSA) is 85.1 Å². The average molecular weight is 380 g/mol. The molecule has 9 heteroatoms. The first-order valence-corrected chi connectivity index (χ1v) is 8.74. The smallest absolute Gasteiger partial charge is 0.298 e. The van der Waals surface area contributed by atoms with E-state index in [2.05, 4.69) is 10.3 Å². The summed E-state index contributed by atoms with van der Waals surface area (Å²) >= 11 is 8.42. The molecule has 3 rings (SSSR count). The molecule has 0 aliphatic rings. The first-order chi connectivity index (χ1) is 11.4. The molecule has 0 bridgehead atoms. The number of hydrogen-bond donors (Lipinski definition) is 1. The van der Waals surface area contributed by atoms with Gasteiger partial charge in [0.05, 0.1) is 15.1 Å². The Morgan fingerprint density at radius 1 is 1.33 bits per heavy atom. The summed E-state index contributed by atoms with van der Waals surface area (Å²) in [5.74, 6) is -0.353. The largest absolute Gasteiger partial charge is 0.324 e. The Hall–Kier alpha value is -2.29. The molecule has 2 aromatic heterocycles. The summed E-state index contributed by atoms with van der Waals surface area (Å²) in [6.45, 7) is 1.87. The highest BCUT2D eigenvalue weighted by atomic mass is 35.5. The minimum atomic E-state index is -0.462. The number of aryl methyl sites for hydroxylation is 1. The van der Waals surface area contributed by atoms with E-state index in [-0.39, 0.29) is 10.9 Å². The predicted octanol–water partition coefficient (Wildman–Crippen LogP) is 4.88. The number of anilines is 1. The van der Waals surface area contributed by atoms with Gasteiger partial charge in [-0.05, 0) is 36.8 Å². The highest BCUT2D eigenvalue weighted by molar-refractivity contribution is 7.22. The fraction of sp³-hybridized carbons (Fsp3) is 0.0667. The number of nitro groups is 1. The van der Waals surface area contributed by atoms with E-state index in [0.717, 1.165) is 27.1 Å². The number of thiazole rings is 1. The van der Waals surface area contributed by atoms with Gasteiger partial charge in [-0.15, -0.1) is 0 Å². The summed E-state index contributed by atoms with van der Waals surface area (Å²) in [5.41, 5.74) is 1.63. The van der Waals surface area contributed by atoms with Crippen LogP contribution in [0.5, 0.6) is 0 Å². The van der Waals surface area contributed by atoms with Crippen molar-refractivity contribution in [2.24, 2.45) is 0 Å². The van der Waals surface area contributed by atoms with Crippen LogP contribution in [-0.2, 0) is 4.79 Å². The highest BCUT2D eigenvalue weighted by Crippen LogP contribution is 2.31. The van der Waals surface area contributed by atoms with Crippen LogP contribution >= 0.6 is 34.3 Å². The molecule has 0 aliphatic carbocycles. The van der Waals surface area contributed by atoms with Gasteiger partial charge >= 0.3 is 5.00 Å². The van der Waals surface area contributed by atoms with E-state index in [4.69, 9.17) is 11.6 Å². The second-order valence-corrected chi connectivity index (χ2v) is 7.33. The van der Waals surface area contributed by atoms with E-state index in [0.29, 0.717) is 15.0 Å². The number of halogens is 1. The lowest BCUT2D eigenvalue weighted by molar-refractivity contribution is -0.380. The van der Waals surface area contributed by atoms with Gasteiger partial charge < -0.3 is 0 Å². The standard InChI is InChI=1S/C15H10ClN3O3S2/c1-8-10(16)4-5-11-14(8)18-15(24-11)17-12(20)6-2-9-3-7-13(23-9)19(21)22/h2-7H,1H3,(H,17,18,20)/b6-2+. The lowest BCUT2D eigenvalue weighted by Gasteiger charge is -1.96. The Balaban J connectivity index is 1.73. The van der Waals surface area contributed by atoms with Crippen LogP contribution in [0, 0.1) is 17.0 Å². The molecule has 0 atom stereocenters. The minimum absolute atomic E-state index is 0.0357. The van der Waals surface area contributed by atoms with Crippen LogP contribution in [-0.4, -0.2) is 15.8 Å². The fourth-order valence-electron chi connectivity index (χ4n) is 1.99. The molecule has 1 aromatic carbocycles. The molecule has 0 radical (unpaired) electrons. The molecule has 1 amide bonds. The summed E-state index contributed by atoms with van der Waals surface area (Å²) in [5, 5.41) is 14.5. The zero-order valence-electron chi connectivity index (χ0n) is 12.3. The number of amides is 1.